The second-order valence-corrected chi connectivity index (χ2v) is 12.8. The number of ketones is 1. The molecule has 1 saturated heterocycles. The molecule has 0 saturated carbocycles. The van der Waals surface area contributed by atoms with Gasteiger partial charge in [0.15, 0.2) is 11.6 Å². The highest BCUT2D eigenvalue weighted by Gasteiger charge is 2.40. The Bertz CT molecular complexity index is 1440. The molecule has 1 amide bonds. The molecule has 1 aromatic carbocycles. The van der Waals surface area contributed by atoms with E-state index in [-0.39, 0.29) is 17.4 Å². The molecule has 4 rings (SSSR count). The average molecular weight is 577 g/mol. The van der Waals surface area contributed by atoms with E-state index in [1.807, 2.05) is 34.6 Å². The topological polar surface area (TPSA) is 84.4 Å². The SMILES string of the molecule is Cc1c([C@@H](C)Nc2nnc(C)c3sc(C(=O)C4(C)CCN(C(=O)OC(C)(C)C)CC4)cc23)cccc1C(F)(F)F. The van der Waals surface area contributed by atoms with Gasteiger partial charge in [-0.3, -0.25) is 4.79 Å². The number of aromatic nitrogens is 2. The van der Waals surface area contributed by atoms with Crippen LogP contribution >= 0.6 is 11.3 Å². The highest BCUT2D eigenvalue weighted by molar-refractivity contribution is 7.21. The van der Waals surface area contributed by atoms with Crippen molar-refractivity contribution in [3.8, 4) is 0 Å². The molecule has 0 aliphatic carbocycles. The van der Waals surface area contributed by atoms with Gasteiger partial charge in [0.1, 0.15) is 5.60 Å². The number of carbonyl (C=O) groups excluding carboxylic acids is 2. The summed E-state index contributed by atoms with van der Waals surface area (Å²) in [7, 11) is 0. The van der Waals surface area contributed by atoms with Crippen LogP contribution in [0.1, 0.15) is 85.6 Å². The third-order valence-corrected chi connectivity index (χ3v) is 8.65. The number of halogens is 3. The summed E-state index contributed by atoms with van der Waals surface area (Å²) >= 11 is 1.34. The van der Waals surface area contributed by atoms with E-state index in [9.17, 15) is 22.8 Å². The van der Waals surface area contributed by atoms with Crippen LogP contribution < -0.4 is 5.32 Å². The number of nitrogens with one attached hydrogen (secondary N) is 1. The Morgan fingerprint density at radius 2 is 1.77 bits per heavy atom. The highest BCUT2D eigenvalue weighted by Crippen LogP contribution is 2.41. The van der Waals surface area contributed by atoms with Gasteiger partial charge in [-0.25, -0.2) is 4.79 Å². The number of fused-ring (bicyclic) bond motifs is 1. The molecule has 1 atom stereocenters. The number of carbonyl (C=O) groups is 2. The summed E-state index contributed by atoms with van der Waals surface area (Å²) in [6.45, 7) is 13.3. The van der Waals surface area contributed by atoms with E-state index >= 15 is 0 Å². The number of amides is 1. The van der Waals surface area contributed by atoms with Gasteiger partial charge in [0.25, 0.3) is 0 Å². The van der Waals surface area contributed by atoms with E-state index in [4.69, 9.17) is 4.74 Å². The first-order valence-electron chi connectivity index (χ1n) is 13.2. The third kappa shape index (κ3) is 6.09. The molecule has 0 unspecified atom stereocenters. The summed E-state index contributed by atoms with van der Waals surface area (Å²) in [6.07, 6.45) is -3.81. The lowest BCUT2D eigenvalue weighted by atomic mass is 9.76. The summed E-state index contributed by atoms with van der Waals surface area (Å²) in [5.74, 6) is 0.398. The Hall–Kier alpha value is -3.21. The van der Waals surface area contributed by atoms with Crippen LogP contribution in [0.2, 0.25) is 0 Å². The Balaban J connectivity index is 1.56. The van der Waals surface area contributed by atoms with E-state index < -0.39 is 28.8 Å². The second kappa shape index (κ2) is 10.6. The van der Waals surface area contributed by atoms with Crippen LogP contribution in [0.25, 0.3) is 10.1 Å². The fourth-order valence-corrected chi connectivity index (χ4v) is 6.21. The van der Waals surface area contributed by atoms with Crippen LogP contribution in [0.15, 0.2) is 24.3 Å². The van der Waals surface area contributed by atoms with Gasteiger partial charge in [-0.2, -0.15) is 18.3 Å². The Morgan fingerprint density at radius 1 is 1.12 bits per heavy atom. The molecule has 11 heteroatoms. The molecule has 0 radical (unpaired) electrons. The number of benzene rings is 1. The number of piperidine rings is 1. The third-order valence-electron chi connectivity index (χ3n) is 7.41. The van der Waals surface area contributed by atoms with Crippen LogP contribution in [-0.2, 0) is 10.9 Å². The van der Waals surface area contributed by atoms with Gasteiger partial charge in [0.2, 0.25) is 0 Å². The number of likely N-dealkylation sites (tertiary alicyclic amines) is 1. The van der Waals surface area contributed by atoms with Crippen LogP contribution in [0.5, 0.6) is 0 Å². The Kier molecular flexibility index (Phi) is 7.92. The van der Waals surface area contributed by atoms with Crippen LogP contribution in [0.4, 0.5) is 23.8 Å². The normalized spacial score (nSPS) is 16.6. The van der Waals surface area contributed by atoms with Gasteiger partial charge < -0.3 is 15.0 Å². The van der Waals surface area contributed by atoms with Gasteiger partial charge in [-0.15, -0.1) is 16.4 Å². The first-order chi connectivity index (χ1) is 18.5. The number of ether oxygens (including phenoxy) is 1. The molecule has 7 nitrogen and oxygen atoms in total. The number of anilines is 1. The molecule has 0 spiro atoms. The molecule has 3 aromatic rings. The molecule has 1 aliphatic rings. The van der Waals surface area contributed by atoms with E-state index in [1.165, 1.54) is 24.3 Å². The van der Waals surface area contributed by atoms with Crippen molar-refractivity contribution in [1.29, 1.82) is 0 Å². The maximum atomic E-state index is 13.7. The molecular weight excluding hydrogens is 541 g/mol. The number of rotatable bonds is 5. The summed E-state index contributed by atoms with van der Waals surface area (Å²) < 4.78 is 46.7. The van der Waals surface area contributed by atoms with Crippen molar-refractivity contribution in [2.24, 2.45) is 5.41 Å². The minimum absolute atomic E-state index is 0.00957. The van der Waals surface area contributed by atoms with Crippen molar-refractivity contribution < 1.29 is 27.5 Å². The number of hydrogen-bond acceptors (Lipinski definition) is 7. The first kappa shape index (κ1) is 29.8. The lowest BCUT2D eigenvalue weighted by Crippen LogP contribution is -2.46. The Labute approximate surface area is 236 Å². The quantitative estimate of drug-likeness (QED) is 0.313. The highest BCUT2D eigenvalue weighted by atomic mass is 32.1. The fourth-order valence-electron chi connectivity index (χ4n) is 5.02. The number of Topliss-reactive ketones (excluding diaryl/α,β-unsaturated/α-hetero) is 1. The average Bonchev–Trinajstić information content (AvgIpc) is 3.30. The minimum Gasteiger partial charge on any atom is -0.444 e. The van der Waals surface area contributed by atoms with Crippen LogP contribution in [0, 0.1) is 19.3 Å². The molecule has 1 N–H and O–H groups in total. The summed E-state index contributed by atoms with van der Waals surface area (Å²) in [5.41, 5.74) is -0.595. The number of nitrogens with zero attached hydrogens (tertiary/aromatic N) is 3. The summed E-state index contributed by atoms with van der Waals surface area (Å²) in [6, 6.07) is 5.44. The molecule has 216 valence electrons. The number of alkyl halides is 3. The van der Waals surface area contributed by atoms with Crippen molar-refractivity contribution >= 4 is 39.1 Å². The molecule has 1 fully saturated rings. The van der Waals surface area contributed by atoms with Crippen LogP contribution in [-0.4, -0.2) is 45.7 Å². The zero-order valence-corrected chi connectivity index (χ0v) is 24.6. The van der Waals surface area contributed by atoms with E-state index in [0.717, 1.165) is 10.8 Å². The first-order valence-corrected chi connectivity index (χ1v) is 14.0. The smallest absolute Gasteiger partial charge is 0.416 e. The van der Waals surface area contributed by atoms with Crippen molar-refractivity contribution in [3.05, 3.63) is 51.5 Å². The van der Waals surface area contributed by atoms with Crippen molar-refractivity contribution in [1.82, 2.24) is 15.1 Å². The fraction of sp³-hybridized carbons (Fsp3) is 0.517. The van der Waals surface area contributed by atoms with Gasteiger partial charge >= 0.3 is 12.3 Å². The molecule has 3 heterocycles. The molecule has 0 bridgehead atoms. The Morgan fingerprint density at radius 3 is 2.38 bits per heavy atom. The predicted molar refractivity (Wildman–Crippen MR) is 150 cm³/mol. The van der Waals surface area contributed by atoms with Gasteiger partial charge in [-0.05, 0) is 77.6 Å². The zero-order chi connectivity index (χ0) is 29.6. The van der Waals surface area contributed by atoms with Crippen LogP contribution in [0.3, 0.4) is 0 Å². The number of aryl methyl sites for hydroxylation is 1. The van der Waals surface area contributed by atoms with E-state index in [2.05, 4.69) is 15.5 Å². The van der Waals surface area contributed by atoms with Crippen molar-refractivity contribution in [2.75, 3.05) is 18.4 Å². The number of hydrogen-bond donors (Lipinski definition) is 1. The van der Waals surface area contributed by atoms with Gasteiger partial charge in [0, 0.05) is 23.9 Å². The second-order valence-electron chi connectivity index (χ2n) is 11.7. The standard InChI is InChI=1S/C29H35F3N4O3S/c1-16-19(9-8-10-21(16)29(30,31)32)17(2)33-25-20-15-22(40-23(20)18(3)34-35-25)24(37)28(7)11-13-36(14-12-28)26(38)39-27(4,5)6/h8-10,15,17H,11-14H2,1-7H3,(H,33,35)/t17-/m1/s1. The lowest BCUT2D eigenvalue weighted by Gasteiger charge is -2.38. The largest absolute Gasteiger partial charge is 0.444 e. The van der Waals surface area contributed by atoms with Gasteiger partial charge in [0.05, 0.1) is 26.9 Å². The molecule has 40 heavy (non-hydrogen) atoms. The van der Waals surface area contributed by atoms with Crippen molar-refractivity contribution in [3.63, 3.8) is 0 Å². The number of thiophene rings is 1. The molecule has 1 aliphatic heterocycles. The maximum absolute atomic E-state index is 13.7. The van der Waals surface area contributed by atoms with E-state index in [1.54, 1.807) is 24.0 Å². The van der Waals surface area contributed by atoms with Crippen molar-refractivity contribution in [2.45, 2.75) is 79.1 Å². The monoisotopic (exact) mass is 576 g/mol. The minimum atomic E-state index is -4.45. The molecule has 2 aromatic heterocycles. The predicted octanol–water partition coefficient (Wildman–Crippen LogP) is 7.72. The summed E-state index contributed by atoms with van der Waals surface area (Å²) in [5, 5.41) is 12.5. The molecular formula is C29H35F3N4O3S. The summed E-state index contributed by atoms with van der Waals surface area (Å²) in [4.78, 5) is 28.4. The maximum Gasteiger partial charge on any atom is 0.416 e. The lowest BCUT2D eigenvalue weighted by molar-refractivity contribution is -0.138. The van der Waals surface area contributed by atoms with E-state index in [0.29, 0.717) is 53.3 Å². The van der Waals surface area contributed by atoms with Gasteiger partial charge in [-0.1, -0.05) is 19.1 Å². The zero-order valence-electron chi connectivity index (χ0n) is 23.8.